The SMILES string of the molecule is COc1ccc(-c2nnc(NC(=O)COc3ccc(Cl)cc3)s2)cc1OC. The number of aromatic nitrogens is 2. The van der Waals surface area contributed by atoms with Crippen molar-refractivity contribution in [1.82, 2.24) is 10.2 Å². The van der Waals surface area contributed by atoms with E-state index in [2.05, 4.69) is 15.5 Å². The Morgan fingerprint density at radius 1 is 1.07 bits per heavy atom. The molecule has 0 aliphatic carbocycles. The minimum atomic E-state index is -0.333. The van der Waals surface area contributed by atoms with Crippen LogP contribution in [0.25, 0.3) is 10.6 Å². The maximum absolute atomic E-state index is 12.0. The maximum Gasteiger partial charge on any atom is 0.264 e. The number of carbonyl (C=O) groups excluding carboxylic acids is 1. The highest BCUT2D eigenvalue weighted by molar-refractivity contribution is 7.18. The van der Waals surface area contributed by atoms with Crippen molar-refractivity contribution < 1.29 is 19.0 Å². The molecule has 0 radical (unpaired) electrons. The smallest absolute Gasteiger partial charge is 0.264 e. The van der Waals surface area contributed by atoms with E-state index in [-0.39, 0.29) is 12.5 Å². The van der Waals surface area contributed by atoms with Gasteiger partial charge in [0.1, 0.15) is 10.8 Å². The van der Waals surface area contributed by atoms with Crippen LogP contribution in [0.2, 0.25) is 5.02 Å². The highest BCUT2D eigenvalue weighted by atomic mass is 35.5. The Bertz CT molecular complexity index is 931. The van der Waals surface area contributed by atoms with Crippen molar-refractivity contribution in [3.63, 3.8) is 0 Å². The topological polar surface area (TPSA) is 82.6 Å². The van der Waals surface area contributed by atoms with E-state index in [9.17, 15) is 4.79 Å². The van der Waals surface area contributed by atoms with Crippen LogP contribution in [-0.2, 0) is 4.79 Å². The second-order valence-electron chi connectivity index (χ2n) is 5.27. The molecule has 0 atom stereocenters. The number of carbonyl (C=O) groups is 1. The summed E-state index contributed by atoms with van der Waals surface area (Å²) >= 11 is 7.05. The van der Waals surface area contributed by atoms with E-state index in [1.807, 2.05) is 6.07 Å². The largest absolute Gasteiger partial charge is 0.493 e. The minimum absolute atomic E-state index is 0.146. The van der Waals surface area contributed by atoms with Gasteiger partial charge in [0.05, 0.1) is 14.2 Å². The number of rotatable bonds is 7. The van der Waals surface area contributed by atoms with Crippen LogP contribution in [0.1, 0.15) is 0 Å². The van der Waals surface area contributed by atoms with Gasteiger partial charge in [0, 0.05) is 10.6 Å². The molecule has 2 aromatic carbocycles. The first-order valence-corrected chi connectivity index (χ1v) is 9.02. The second kappa shape index (κ2) is 8.70. The third kappa shape index (κ3) is 4.87. The fourth-order valence-corrected chi connectivity index (χ4v) is 3.08. The summed E-state index contributed by atoms with van der Waals surface area (Å²) < 4.78 is 15.9. The van der Waals surface area contributed by atoms with Crippen LogP contribution in [0.3, 0.4) is 0 Å². The molecule has 3 rings (SSSR count). The molecule has 7 nitrogen and oxygen atoms in total. The van der Waals surface area contributed by atoms with Gasteiger partial charge in [-0.3, -0.25) is 10.1 Å². The number of nitrogens with one attached hydrogen (secondary N) is 1. The number of methoxy groups -OCH3 is 2. The Kier molecular flexibility index (Phi) is 6.10. The van der Waals surface area contributed by atoms with Crippen molar-refractivity contribution in [2.24, 2.45) is 0 Å². The lowest BCUT2D eigenvalue weighted by Gasteiger charge is -2.07. The van der Waals surface area contributed by atoms with Gasteiger partial charge in [-0.05, 0) is 42.5 Å². The molecule has 0 bridgehead atoms. The Labute approximate surface area is 164 Å². The van der Waals surface area contributed by atoms with Crippen molar-refractivity contribution >= 4 is 34.0 Å². The normalized spacial score (nSPS) is 10.3. The summed E-state index contributed by atoms with van der Waals surface area (Å²) in [7, 11) is 3.14. The zero-order valence-corrected chi connectivity index (χ0v) is 16.1. The van der Waals surface area contributed by atoms with E-state index < -0.39 is 0 Å². The van der Waals surface area contributed by atoms with Crippen LogP contribution >= 0.6 is 22.9 Å². The Morgan fingerprint density at radius 3 is 2.52 bits per heavy atom. The van der Waals surface area contributed by atoms with Crippen LogP contribution in [0.5, 0.6) is 17.2 Å². The van der Waals surface area contributed by atoms with Gasteiger partial charge in [0.25, 0.3) is 5.91 Å². The van der Waals surface area contributed by atoms with Gasteiger partial charge in [-0.25, -0.2) is 0 Å². The van der Waals surface area contributed by atoms with E-state index in [1.54, 1.807) is 50.6 Å². The molecule has 27 heavy (non-hydrogen) atoms. The molecule has 0 saturated carbocycles. The highest BCUT2D eigenvalue weighted by Crippen LogP contribution is 2.34. The molecule has 0 spiro atoms. The van der Waals surface area contributed by atoms with E-state index in [0.717, 1.165) is 5.56 Å². The molecule has 1 amide bonds. The quantitative estimate of drug-likeness (QED) is 0.642. The fraction of sp³-hybridized carbons (Fsp3) is 0.167. The van der Waals surface area contributed by atoms with Crippen molar-refractivity contribution in [3.05, 3.63) is 47.5 Å². The summed E-state index contributed by atoms with van der Waals surface area (Å²) in [5, 5.41) is 12.4. The Morgan fingerprint density at radius 2 is 1.81 bits per heavy atom. The highest BCUT2D eigenvalue weighted by Gasteiger charge is 2.13. The summed E-state index contributed by atoms with van der Waals surface area (Å²) in [6.07, 6.45) is 0. The monoisotopic (exact) mass is 405 g/mol. The predicted molar refractivity (Wildman–Crippen MR) is 104 cm³/mol. The summed E-state index contributed by atoms with van der Waals surface area (Å²) in [4.78, 5) is 12.0. The lowest BCUT2D eigenvalue weighted by molar-refractivity contribution is -0.118. The number of halogens is 1. The molecule has 0 saturated heterocycles. The molecule has 1 N–H and O–H groups in total. The Hall–Kier alpha value is -2.84. The van der Waals surface area contributed by atoms with Crippen molar-refractivity contribution in [2.75, 3.05) is 26.1 Å². The molecular formula is C18H16ClN3O4S. The zero-order chi connectivity index (χ0) is 19.2. The first-order valence-electron chi connectivity index (χ1n) is 7.83. The second-order valence-corrected chi connectivity index (χ2v) is 6.69. The number of ether oxygens (including phenoxy) is 3. The van der Waals surface area contributed by atoms with E-state index in [0.29, 0.717) is 32.4 Å². The Balaban J connectivity index is 1.62. The minimum Gasteiger partial charge on any atom is -0.493 e. The first-order chi connectivity index (χ1) is 13.1. The van der Waals surface area contributed by atoms with Crippen molar-refractivity contribution in [1.29, 1.82) is 0 Å². The summed E-state index contributed by atoms with van der Waals surface area (Å²) in [5.74, 6) is 1.43. The maximum atomic E-state index is 12.0. The van der Waals surface area contributed by atoms with E-state index in [1.165, 1.54) is 11.3 Å². The summed E-state index contributed by atoms with van der Waals surface area (Å²) in [6.45, 7) is -0.146. The third-order valence-electron chi connectivity index (χ3n) is 3.49. The van der Waals surface area contributed by atoms with Crippen LogP contribution < -0.4 is 19.5 Å². The molecule has 0 fully saturated rings. The number of hydrogen-bond acceptors (Lipinski definition) is 7. The van der Waals surface area contributed by atoms with Gasteiger partial charge in [-0.2, -0.15) is 0 Å². The van der Waals surface area contributed by atoms with Gasteiger partial charge >= 0.3 is 0 Å². The van der Waals surface area contributed by atoms with E-state index in [4.69, 9.17) is 25.8 Å². The van der Waals surface area contributed by atoms with Crippen molar-refractivity contribution in [3.8, 4) is 27.8 Å². The third-order valence-corrected chi connectivity index (χ3v) is 4.63. The number of amides is 1. The van der Waals surface area contributed by atoms with Gasteiger partial charge < -0.3 is 14.2 Å². The average Bonchev–Trinajstić information content (AvgIpc) is 3.15. The molecule has 0 aliphatic rings. The molecular weight excluding hydrogens is 390 g/mol. The van der Waals surface area contributed by atoms with Gasteiger partial charge in [-0.1, -0.05) is 22.9 Å². The zero-order valence-electron chi connectivity index (χ0n) is 14.6. The van der Waals surface area contributed by atoms with Crippen LogP contribution in [0.15, 0.2) is 42.5 Å². The molecule has 1 heterocycles. The van der Waals surface area contributed by atoms with Gasteiger partial charge in [-0.15, -0.1) is 10.2 Å². The number of nitrogens with zero attached hydrogens (tertiary/aromatic N) is 2. The fourth-order valence-electron chi connectivity index (χ4n) is 2.19. The summed E-state index contributed by atoms with van der Waals surface area (Å²) in [5.41, 5.74) is 0.808. The van der Waals surface area contributed by atoms with Crippen LogP contribution in [0.4, 0.5) is 5.13 Å². The van der Waals surface area contributed by atoms with Gasteiger partial charge in [0.15, 0.2) is 18.1 Å². The van der Waals surface area contributed by atoms with Crippen molar-refractivity contribution in [2.45, 2.75) is 0 Å². The molecule has 1 aromatic heterocycles. The molecule has 9 heteroatoms. The molecule has 140 valence electrons. The van der Waals surface area contributed by atoms with E-state index >= 15 is 0 Å². The molecule has 3 aromatic rings. The lowest BCUT2D eigenvalue weighted by atomic mass is 10.2. The number of hydrogen-bond donors (Lipinski definition) is 1. The standard InChI is InChI=1S/C18H16ClN3O4S/c1-24-14-8-3-11(9-15(14)25-2)17-21-22-18(27-17)20-16(23)10-26-13-6-4-12(19)5-7-13/h3-9H,10H2,1-2H3,(H,20,22,23). The summed E-state index contributed by atoms with van der Waals surface area (Å²) in [6, 6.07) is 12.2. The molecule has 0 unspecified atom stereocenters. The lowest BCUT2D eigenvalue weighted by Crippen LogP contribution is -2.20. The average molecular weight is 406 g/mol. The predicted octanol–water partition coefficient (Wildman–Crippen LogP) is 3.89. The van der Waals surface area contributed by atoms with Gasteiger partial charge in [0.2, 0.25) is 5.13 Å². The number of anilines is 1. The van der Waals surface area contributed by atoms with Crippen LogP contribution in [-0.4, -0.2) is 36.9 Å². The number of benzene rings is 2. The first kappa shape index (κ1) is 18.9. The van der Waals surface area contributed by atoms with Crippen LogP contribution in [0, 0.1) is 0 Å². The molecule has 0 aliphatic heterocycles.